The van der Waals surface area contributed by atoms with Crippen LogP contribution in [0.2, 0.25) is 0 Å². The fourth-order valence-corrected chi connectivity index (χ4v) is 3.41. The van der Waals surface area contributed by atoms with Gasteiger partial charge in [-0.1, -0.05) is 12.1 Å². The van der Waals surface area contributed by atoms with Gasteiger partial charge < -0.3 is 11.1 Å². The van der Waals surface area contributed by atoms with Gasteiger partial charge in [0.05, 0.1) is 15.7 Å². The van der Waals surface area contributed by atoms with Crippen LogP contribution in [0.25, 0.3) is 0 Å². The molecule has 1 aromatic carbocycles. The van der Waals surface area contributed by atoms with Crippen molar-refractivity contribution in [3.63, 3.8) is 0 Å². The molecule has 0 radical (unpaired) electrons. The summed E-state index contributed by atoms with van der Waals surface area (Å²) in [6, 6.07) is 7.02. The number of nitrogen functional groups attached to an aromatic ring is 1. The molecule has 5 heteroatoms. The van der Waals surface area contributed by atoms with E-state index in [1.165, 1.54) is 0 Å². The Morgan fingerprint density at radius 2 is 2.06 bits per heavy atom. The second-order valence-corrected chi connectivity index (χ2v) is 5.71. The van der Waals surface area contributed by atoms with Gasteiger partial charge in [-0.2, -0.15) is 0 Å². The number of carbonyl (C=O) groups excluding carboxylic acids is 1. The van der Waals surface area contributed by atoms with Crippen molar-refractivity contribution in [3.8, 4) is 0 Å². The largest absolute Gasteiger partial charge is 0.398 e. The van der Waals surface area contributed by atoms with Gasteiger partial charge in [-0.3, -0.25) is 9.00 Å². The van der Waals surface area contributed by atoms with E-state index < -0.39 is 16.0 Å². The molecular formula is C12H16N2O2S. The molecule has 1 aromatic rings. The standard InChI is InChI=1S/C12H16N2O2S/c13-9-5-1-2-6-10(9)17(16)11-7-3-4-8-14-12(11)15/h1-2,5-6,11H,3-4,7-8,13H2,(H,14,15). The van der Waals surface area contributed by atoms with Gasteiger partial charge in [0.15, 0.2) is 0 Å². The van der Waals surface area contributed by atoms with Crippen molar-refractivity contribution in [3.05, 3.63) is 24.3 Å². The Labute approximate surface area is 103 Å². The Morgan fingerprint density at radius 3 is 2.82 bits per heavy atom. The summed E-state index contributed by atoms with van der Waals surface area (Å²) in [5.74, 6) is -0.121. The van der Waals surface area contributed by atoms with E-state index in [9.17, 15) is 9.00 Å². The van der Waals surface area contributed by atoms with Crippen LogP contribution in [-0.2, 0) is 15.6 Å². The number of nitrogens with two attached hydrogens (primary N) is 1. The Bertz CT molecular complexity index is 448. The molecule has 0 bridgehead atoms. The van der Waals surface area contributed by atoms with Gasteiger partial charge >= 0.3 is 0 Å². The van der Waals surface area contributed by atoms with Crippen LogP contribution in [0.4, 0.5) is 5.69 Å². The first kappa shape index (κ1) is 12.1. The molecule has 1 amide bonds. The van der Waals surface area contributed by atoms with Crippen LogP contribution < -0.4 is 11.1 Å². The number of hydrogen-bond acceptors (Lipinski definition) is 3. The van der Waals surface area contributed by atoms with Crippen molar-refractivity contribution >= 4 is 22.4 Å². The lowest BCUT2D eigenvalue weighted by Crippen LogP contribution is -2.35. The van der Waals surface area contributed by atoms with Gasteiger partial charge in [-0.25, -0.2) is 0 Å². The predicted molar refractivity (Wildman–Crippen MR) is 67.9 cm³/mol. The Morgan fingerprint density at radius 1 is 1.29 bits per heavy atom. The predicted octanol–water partition coefficient (Wildman–Crippen LogP) is 1.05. The summed E-state index contributed by atoms with van der Waals surface area (Å²) in [5.41, 5.74) is 6.28. The van der Waals surface area contributed by atoms with Crippen molar-refractivity contribution in [2.45, 2.75) is 29.4 Å². The van der Waals surface area contributed by atoms with Gasteiger partial charge in [0.2, 0.25) is 5.91 Å². The maximum Gasteiger partial charge on any atom is 0.236 e. The van der Waals surface area contributed by atoms with Crippen LogP contribution in [0.15, 0.2) is 29.2 Å². The molecule has 17 heavy (non-hydrogen) atoms. The van der Waals surface area contributed by atoms with E-state index in [2.05, 4.69) is 5.32 Å². The molecule has 1 fully saturated rings. The van der Waals surface area contributed by atoms with Gasteiger partial charge in [0, 0.05) is 12.2 Å². The van der Waals surface area contributed by atoms with Crippen LogP contribution in [0, 0.1) is 0 Å². The minimum atomic E-state index is -1.36. The SMILES string of the molecule is Nc1ccccc1S(=O)C1CCCCNC1=O. The third kappa shape index (κ3) is 2.66. The van der Waals surface area contributed by atoms with Crippen LogP contribution in [0.5, 0.6) is 0 Å². The summed E-state index contributed by atoms with van der Waals surface area (Å²) in [5, 5.41) is 2.32. The molecule has 4 nitrogen and oxygen atoms in total. The first-order valence-corrected chi connectivity index (χ1v) is 6.94. The first-order chi connectivity index (χ1) is 8.20. The average molecular weight is 252 g/mol. The Kier molecular flexibility index (Phi) is 3.78. The number of carbonyl (C=O) groups is 1. The van der Waals surface area contributed by atoms with Crippen LogP contribution >= 0.6 is 0 Å². The van der Waals surface area contributed by atoms with Gasteiger partial charge in [0.1, 0.15) is 5.25 Å². The van der Waals surface area contributed by atoms with E-state index in [0.717, 1.165) is 12.8 Å². The lowest BCUT2D eigenvalue weighted by atomic mass is 10.2. The van der Waals surface area contributed by atoms with Gasteiger partial charge in [0.25, 0.3) is 0 Å². The maximum absolute atomic E-state index is 12.4. The Balaban J connectivity index is 2.24. The summed E-state index contributed by atoms with van der Waals surface area (Å²) in [6.45, 7) is 0.677. The number of amides is 1. The number of anilines is 1. The fraction of sp³-hybridized carbons (Fsp3) is 0.417. The summed E-state index contributed by atoms with van der Waals surface area (Å²) in [6.07, 6.45) is 2.53. The number of para-hydroxylation sites is 1. The summed E-state index contributed by atoms with van der Waals surface area (Å²) in [4.78, 5) is 12.4. The number of rotatable bonds is 2. The minimum absolute atomic E-state index is 0.121. The molecular weight excluding hydrogens is 236 g/mol. The average Bonchev–Trinajstić information content (AvgIpc) is 2.54. The third-order valence-electron chi connectivity index (χ3n) is 2.88. The Hall–Kier alpha value is -1.36. The van der Waals surface area contributed by atoms with E-state index in [4.69, 9.17) is 5.73 Å². The minimum Gasteiger partial charge on any atom is -0.398 e. The molecule has 1 saturated heterocycles. The highest BCUT2D eigenvalue weighted by molar-refractivity contribution is 7.86. The second kappa shape index (κ2) is 5.31. The zero-order chi connectivity index (χ0) is 12.3. The number of nitrogens with one attached hydrogen (secondary N) is 1. The molecule has 1 heterocycles. The highest BCUT2D eigenvalue weighted by Gasteiger charge is 2.28. The smallest absolute Gasteiger partial charge is 0.236 e. The van der Waals surface area contributed by atoms with Crippen molar-refractivity contribution in [1.29, 1.82) is 0 Å². The molecule has 2 atom stereocenters. The summed E-state index contributed by atoms with van der Waals surface area (Å²) < 4.78 is 12.4. The van der Waals surface area contributed by atoms with Gasteiger partial charge in [-0.15, -0.1) is 0 Å². The van der Waals surface area contributed by atoms with E-state index >= 15 is 0 Å². The summed E-state index contributed by atoms with van der Waals surface area (Å²) >= 11 is 0. The topological polar surface area (TPSA) is 72.2 Å². The van der Waals surface area contributed by atoms with E-state index in [-0.39, 0.29) is 5.91 Å². The van der Waals surface area contributed by atoms with Crippen LogP contribution in [0.3, 0.4) is 0 Å². The normalized spacial score (nSPS) is 22.6. The van der Waals surface area contributed by atoms with E-state index in [0.29, 0.717) is 23.5 Å². The second-order valence-electron chi connectivity index (χ2n) is 4.11. The van der Waals surface area contributed by atoms with Crippen molar-refractivity contribution in [2.75, 3.05) is 12.3 Å². The maximum atomic E-state index is 12.4. The molecule has 1 aliphatic heterocycles. The lowest BCUT2D eigenvalue weighted by Gasteiger charge is -2.14. The van der Waals surface area contributed by atoms with Crippen molar-refractivity contribution < 1.29 is 9.00 Å². The molecule has 2 rings (SSSR count). The first-order valence-electron chi connectivity index (χ1n) is 5.73. The van der Waals surface area contributed by atoms with Crippen molar-refractivity contribution in [1.82, 2.24) is 5.32 Å². The van der Waals surface area contributed by atoms with E-state index in [1.54, 1.807) is 24.3 Å². The number of benzene rings is 1. The van der Waals surface area contributed by atoms with Crippen molar-refractivity contribution in [2.24, 2.45) is 0 Å². The fourth-order valence-electron chi connectivity index (χ4n) is 1.93. The highest BCUT2D eigenvalue weighted by atomic mass is 32.2. The zero-order valence-corrected chi connectivity index (χ0v) is 10.3. The van der Waals surface area contributed by atoms with Crippen LogP contribution in [-0.4, -0.2) is 21.9 Å². The molecule has 0 spiro atoms. The summed E-state index contributed by atoms with van der Waals surface area (Å²) in [7, 11) is -1.36. The van der Waals surface area contributed by atoms with E-state index in [1.807, 2.05) is 0 Å². The lowest BCUT2D eigenvalue weighted by molar-refractivity contribution is -0.120. The molecule has 3 N–H and O–H groups in total. The third-order valence-corrected chi connectivity index (χ3v) is 4.65. The monoisotopic (exact) mass is 252 g/mol. The molecule has 1 aliphatic rings. The number of hydrogen-bond donors (Lipinski definition) is 2. The molecule has 2 unspecified atom stereocenters. The van der Waals surface area contributed by atoms with Crippen LogP contribution in [0.1, 0.15) is 19.3 Å². The molecule has 0 aromatic heterocycles. The van der Waals surface area contributed by atoms with Gasteiger partial charge in [-0.05, 0) is 31.4 Å². The quantitative estimate of drug-likeness (QED) is 0.773. The molecule has 92 valence electrons. The zero-order valence-electron chi connectivity index (χ0n) is 9.52. The highest BCUT2D eigenvalue weighted by Crippen LogP contribution is 2.22. The molecule has 0 aliphatic carbocycles. The molecule has 0 saturated carbocycles.